The Morgan fingerprint density at radius 3 is 2.77 bits per heavy atom. The minimum atomic E-state index is 0.0257. The first-order chi connectivity index (χ1) is 12.8. The Morgan fingerprint density at radius 2 is 2.12 bits per heavy atom. The molecule has 7 heteroatoms. The zero-order valence-corrected chi connectivity index (χ0v) is 15.6. The number of aliphatic imine (C=N–C) groups is 1. The van der Waals surface area contributed by atoms with Crippen LogP contribution < -0.4 is 10.1 Å². The normalized spacial score (nSPS) is 17.2. The average molecular weight is 356 g/mol. The number of guanidine groups is 1. The Morgan fingerprint density at radius 1 is 1.35 bits per heavy atom. The zero-order chi connectivity index (χ0) is 18.2. The fourth-order valence-corrected chi connectivity index (χ4v) is 3.19. The zero-order valence-electron chi connectivity index (χ0n) is 15.6. The van der Waals surface area contributed by atoms with Gasteiger partial charge in [0.1, 0.15) is 24.0 Å². The summed E-state index contributed by atoms with van der Waals surface area (Å²) in [5.41, 5.74) is 0. The molecule has 0 aliphatic carbocycles. The maximum absolute atomic E-state index is 5.92. The summed E-state index contributed by atoms with van der Waals surface area (Å²) in [7, 11) is 0. The third-order valence-corrected chi connectivity index (χ3v) is 4.53. The molecule has 2 aromatic rings. The molecule has 2 N–H and O–H groups in total. The summed E-state index contributed by atoms with van der Waals surface area (Å²) < 4.78 is 5.92. The Kier molecular flexibility index (Phi) is 6.46. The Bertz CT molecular complexity index is 665. The topological polar surface area (TPSA) is 78.4 Å². The number of likely N-dealkylation sites (tertiary alicyclic amines) is 1. The van der Waals surface area contributed by atoms with Crippen LogP contribution in [0.5, 0.6) is 5.75 Å². The Labute approximate surface area is 154 Å². The second-order valence-electron chi connectivity index (χ2n) is 6.57. The molecule has 3 rings (SSSR count). The van der Waals surface area contributed by atoms with Crippen LogP contribution in [0.2, 0.25) is 0 Å². The van der Waals surface area contributed by atoms with Gasteiger partial charge in [-0.1, -0.05) is 18.2 Å². The van der Waals surface area contributed by atoms with Gasteiger partial charge in [-0.15, -0.1) is 0 Å². The summed E-state index contributed by atoms with van der Waals surface area (Å²) in [4.78, 5) is 11.4. The van der Waals surface area contributed by atoms with Crippen molar-refractivity contribution in [3.05, 3.63) is 42.5 Å². The van der Waals surface area contributed by atoms with Crippen LogP contribution in [0.25, 0.3) is 0 Å². The van der Waals surface area contributed by atoms with E-state index >= 15 is 0 Å². The van der Waals surface area contributed by atoms with Crippen LogP contribution in [0, 0.1) is 0 Å². The van der Waals surface area contributed by atoms with Crippen LogP contribution >= 0.6 is 0 Å². The lowest BCUT2D eigenvalue weighted by Crippen LogP contribution is -2.45. The molecule has 1 aromatic heterocycles. The van der Waals surface area contributed by atoms with Crippen LogP contribution in [0.3, 0.4) is 0 Å². The van der Waals surface area contributed by atoms with Crippen molar-refractivity contribution < 1.29 is 4.74 Å². The number of nitrogens with one attached hydrogen (secondary N) is 2. The summed E-state index contributed by atoms with van der Waals surface area (Å²) in [6.07, 6.45) is 3.71. The molecule has 0 radical (unpaired) electrons. The van der Waals surface area contributed by atoms with Crippen LogP contribution in [-0.4, -0.2) is 58.3 Å². The van der Waals surface area contributed by atoms with E-state index in [0.29, 0.717) is 12.5 Å². The SMILES string of the molecule is CCNC(=NCC(C)Oc1ccccc1)N1CCC(c2ncn[nH]2)CC1. The average Bonchev–Trinajstić information content (AvgIpc) is 3.21. The molecular weight excluding hydrogens is 328 g/mol. The van der Waals surface area contributed by atoms with Gasteiger partial charge in [0.25, 0.3) is 0 Å². The molecule has 1 unspecified atom stereocenters. The van der Waals surface area contributed by atoms with E-state index in [1.54, 1.807) is 6.33 Å². The largest absolute Gasteiger partial charge is 0.489 e. The van der Waals surface area contributed by atoms with Gasteiger partial charge < -0.3 is 15.0 Å². The molecule has 1 atom stereocenters. The van der Waals surface area contributed by atoms with Gasteiger partial charge in [-0.25, -0.2) is 9.98 Å². The van der Waals surface area contributed by atoms with E-state index in [-0.39, 0.29) is 6.10 Å². The number of aromatic nitrogens is 3. The maximum atomic E-state index is 5.92. The molecule has 0 saturated carbocycles. The molecular formula is C19H28N6O. The van der Waals surface area contributed by atoms with Crippen LogP contribution in [0.4, 0.5) is 0 Å². The van der Waals surface area contributed by atoms with Crippen LogP contribution in [0.15, 0.2) is 41.7 Å². The van der Waals surface area contributed by atoms with E-state index in [0.717, 1.165) is 50.0 Å². The van der Waals surface area contributed by atoms with Crippen molar-refractivity contribution in [1.82, 2.24) is 25.4 Å². The number of hydrogen-bond donors (Lipinski definition) is 2. The fraction of sp³-hybridized carbons (Fsp3) is 0.526. The molecule has 140 valence electrons. The van der Waals surface area contributed by atoms with E-state index < -0.39 is 0 Å². The lowest BCUT2D eigenvalue weighted by Gasteiger charge is -2.33. The molecule has 0 bridgehead atoms. The smallest absolute Gasteiger partial charge is 0.194 e. The second-order valence-corrected chi connectivity index (χ2v) is 6.57. The maximum Gasteiger partial charge on any atom is 0.194 e. The van der Waals surface area contributed by atoms with E-state index in [9.17, 15) is 0 Å². The molecule has 1 saturated heterocycles. The van der Waals surface area contributed by atoms with Gasteiger partial charge in [0.2, 0.25) is 0 Å². The number of nitrogens with zero attached hydrogens (tertiary/aromatic N) is 4. The van der Waals surface area contributed by atoms with Crippen molar-refractivity contribution in [1.29, 1.82) is 0 Å². The molecule has 26 heavy (non-hydrogen) atoms. The van der Waals surface area contributed by atoms with E-state index in [1.807, 2.05) is 30.3 Å². The molecule has 1 fully saturated rings. The molecule has 2 heterocycles. The highest BCUT2D eigenvalue weighted by atomic mass is 16.5. The number of ether oxygens (including phenoxy) is 1. The monoisotopic (exact) mass is 356 g/mol. The third kappa shape index (κ3) is 4.97. The van der Waals surface area contributed by atoms with Crippen molar-refractivity contribution in [2.45, 2.75) is 38.7 Å². The second kappa shape index (κ2) is 9.22. The number of aromatic amines is 1. The quantitative estimate of drug-likeness (QED) is 0.614. The van der Waals surface area contributed by atoms with Gasteiger partial charge in [0.05, 0.1) is 6.54 Å². The number of piperidine rings is 1. The number of hydrogen-bond acceptors (Lipinski definition) is 4. The first-order valence-corrected chi connectivity index (χ1v) is 9.36. The lowest BCUT2D eigenvalue weighted by molar-refractivity contribution is 0.228. The van der Waals surface area contributed by atoms with E-state index in [1.165, 1.54) is 0 Å². The van der Waals surface area contributed by atoms with Crippen molar-refractivity contribution in [2.24, 2.45) is 4.99 Å². The number of benzene rings is 1. The number of para-hydroxylation sites is 1. The van der Waals surface area contributed by atoms with Crippen LogP contribution in [0.1, 0.15) is 38.4 Å². The summed E-state index contributed by atoms with van der Waals surface area (Å²) in [6, 6.07) is 9.89. The summed E-state index contributed by atoms with van der Waals surface area (Å²) in [5, 5.41) is 10.4. The minimum Gasteiger partial charge on any atom is -0.489 e. The van der Waals surface area contributed by atoms with E-state index in [2.05, 4.69) is 39.2 Å². The molecule has 1 aliphatic rings. The summed E-state index contributed by atoms with van der Waals surface area (Å²) in [6.45, 7) is 7.56. The predicted octanol–water partition coefficient (Wildman–Crippen LogP) is 2.42. The van der Waals surface area contributed by atoms with Gasteiger partial charge >= 0.3 is 0 Å². The van der Waals surface area contributed by atoms with Crippen molar-refractivity contribution >= 4 is 5.96 Å². The van der Waals surface area contributed by atoms with Gasteiger partial charge in [-0.3, -0.25) is 5.10 Å². The number of rotatable bonds is 6. The Hall–Kier alpha value is -2.57. The molecule has 1 aromatic carbocycles. The lowest BCUT2D eigenvalue weighted by atomic mass is 9.96. The highest BCUT2D eigenvalue weighted by Gasteiger charge is 2.24. The minimum absolute atomic E-state index is 0.0257. The highest BCUT2D eigenvalue weighted by Crippen LogP contribution is 2.24. The predicted molar refractivity (Wildman–Crippen MR) is 102 cm³/mol. The van der Waals surface area contributed by atoms with Crippen molar-refractivity contribution in [3.8, 4) is 5.75 Å². The standard InChI is InChI=1S/C19H28N6O/c1-3-20-19(21-13-15(2)26-17-7-5-4-6-8-17)25-11-9-16(10-12-25)18-22-14-23-24-18/h4-8,14-16H,3,9-13H2,1-2H3,(H,20,21)(H,22,23,24). The Balaban J connectivity index is 1.54. The summed E-state index contributed by atoms with van der Waals surface area (Å²) in [5.74, 6) is 3.30. The van der Waals surface area contributed by atoms with Crippen molar-refractivity contribution in [2.75, 3.05) is 26.2 Å². The van der Waals surface area contributed by atoms with Gasteiger partial charge in [-0.2, -0.15) is 5.10 Å². The molecule has 1 aliphatic heterocycles. The van der Waals surface area contributed by atoms with Gasteiger partial charge in [0, 0.05) is 25.6 Å². The molecule has 0 amide bonds. The highest BCUT2D eigenvalue weighted by molar-refractivity contribution is 5.80. The first-order valence-electron chi connectivity index (χ1n) is 9.36. The number of H-pyrrole nitrogens is 1. The van der Waals surface area contributed by atoms with Crippen LogP contribution in [-0.2, 0) is 0 Å². The van der Waals surface area contributed by atoms with Gasteiger partial charge in [0.15, 0.2) is 5.96 Å². The third-order valence-electron chi connectivity index (χ3n) is 4.53. The van der Waals surface area contributed by atoms with Gasteiger partial charge in [-0.05, 0) is 38.8 Å². The van der Waals surface area contributed by atoms with E-state index in [4.69, 9.17) is 9.73 Å². The molecule has 0 spiro atoms. The first kappa shape index (κ1) is 18.2. The summed E-state index contributed by atoms with van der Waals surface area (Å²) >= 11 is 0. The van der Waals surface area contributed by atoms with Crippen molar-refractivity contribution in [3.63, 3.8) is 0 Å². The molecule has 7 nitrogen and oxygen atoms in total. The fourth-order valence-electron chi connectivity index (χ4n) is 3.19.